The van der Waals surface area contributed by atoms with E-state index in [0.29, 0.717) is 24.8 Å². The van der Waals surface area contributed by atoms with Gasteiger partial charge in [-0.3, -0.25) is 0 Å². The van der Waals surface area contributed by atoms with E-state index in [2.05, 4.69) is 18.8 Å². The predicted octanol–water partition coefficient (Wildman–Crippen LogP) is 2.81. The number of nitrogens with zero attached hydrogens (tertiary/aromatic N) is 1. The monoisotopic (exact) mass is 329 g/mol. The van der Waals surface area contributed by atoms with E-state index in [4.69, 9.17) is 14.2 Å². The minimum atomic E-state index is -0.609. The molecule has 124 valence electrons. The van der Waals surface area contributed by atoms with Gasteiger partial charge in [-0.15, -0.1) is 11.3 Å². The van der Waals surface area contributed by atoms with Gasteiger partial charge in [-0.1, -0.05) is 13.8 Å². The van der Waals surface area contributed by atoms with Crippen LogP contribution in [0.15, 0.2) is 5.38 Å². The molecule has 22 heavy (non-hydrogen) atoms. The normalized spacial score (nSPS) is 12.2. The minimum absolute atomic E-state index is 0.0205. The molecule has 1 unspecified atom stereocenters. The van der Waals surface area contributed by atoms with Crippen LogP contribution in [-0.4, -0.2) is 36.2 Å². The van der Waals surface area contributed by atoms with Gasteiger partial charge >= 0.3 is 11.9 Å². The van der Waals surface area contributed by atoms with Crippen LogP contribution in [-0.2, 0) is 25.6 Å². The molecule has 6 nitrogen and oxygen atoms in total. The maximum atomic E-state index is 11.8. The van der Waals surface area contributed by atoms with Gasteiger partial charge in [0, 0.05) is 12.0 Å². The Morgan fingerprint density at radius 1 is 1.27 bits per heavy atom. The van der Waals surface area contributed by atoms with Gasteiger partial charge in [0.25, 0.3) is 0 Å². The zero-order valence-corrected chi connectivity index (χ0v) is 14.3. The average Bonchev–Trinajstić information content (AvgIpc) is 2.93. The van der Waals surface area contributed by atoms with Crippen LogP contribution in [0, 0.1) is 5.92 Å². The van der Waals surface area contributed by atoms with Gasteiger partial charge in [-0.2, -0.15) is 0 Å². The van der Waals surface area contributed by atoms with E-state index in [9.17, 15) is 9.59 Å². The molecule has 0 spiro atoms. The van der Waals surface area contributed by atoms with E-state index >= 15 is 0 Å². The van der Waals surface area contributed by atoms with Gasteiger partial charge in [0.1, 0.15) is 6.61 Å². The van der Waals surface area contributed by atoms with Gasteiger partial charge in [-0.05, 0) is 26.2 Å². The molecule has 0 aliphatic rings. The van der Waals surface area contributed by atoms with Crippen molar-refractivity contribution < 1.29 is 23.8 Å². The summed E-state index contributed by atoms with van der Waals surface area (Å²) >= 11 is 1.17. The van der Waals surface area contributed by atoms with E-state index in [0.717, 1.165) is 6.42 Å². The molecule has 0 aromatic carbocycles. The van der Waals surface area contributed by atoms with Crippen LogP contribution in [0.4, 0.5) is 0 Å². The fourth-order valence-corrected chi connectivity index (χ4v) is 2.16. The molecular formula is C15H23NO5S. The summed E-state index contributed by atoms with van der Waals surface area (Å²) in [6, 6.07) is 0. The number of carbonyl (C=O) groups is 2. The first kappa shape index (κ1) is 18.6. The van der Waals surface area contributed by atoms with Crippen molar-refractivity contribution in [3.63, 3.8) is 0 Å². The Balaban J connectivity index is 2.36. The molecule has 1 rings (SSSR count). The first-order valence-electron chi connectivity index (χ1n) is 7.33. The first-order valence-corrected chi connectivity index (χ1v) is 8.21. The van der Waals surface area contributed by atoms with Crippen molar-refractivity contribution in [1.29, 1.82) is 0 Å². The maximum absolute atomic E-state index is 11.8. The highest BCUT2D eigenvalue weighted by Crippen LogP contribution is 2.12. The highest BCUT2D eigenvalue weighted by atomic mass is 32.1. The molecule has 0 N–H and O–H groups in total. The summed E-state index contributed by atoms with van der Waals surface area (Å²) in [5.41, 5.74) is 0.524. The maximum Gasteiger partial charge on any atom is 0.367 e. The van der Waals surface area contributed by atoms with Gasteiger partial charge in [0.05, 0.1) is 12.3 Å². The Morgan fingerprint density at radius 3 is 2.64 bits per heavy atom. The van der Waals surface area contributed by atoms with Crippen LogP contribution < -0.4 is 0 Å². The number of hydrogen-bond acceptors (Lipinski definition) is 7. The number of carbonyl (C=O) groups excluding carboxylic acids is 2. The van der Waals surface area contributed by atoms with Crippen molar-refractivity contribution >= 4 is 23.3 Å². The Labute approximate surface area is 134 Å². The molecule has 1 atom stereocenters. The molecule has 0 saturated heterocycles. The fourth-order valence-electron chi connectivity index (χ4n) is 1.47. The second kappa shape index (κ2) is 9.53. The number of rotatable bonds is 9. The summed E-state index contributed by atoms with van der Waals surface area (Å²) < 4.78 is 15.4. The SMILES string of the molecule is CCOC(=O)c1nc(COC(=O)C(C)OCCC(C)C)cs1. The van der Waals surface area contributed by atoms with E-state index in [1.165, 1.54) is 11.3 Å². The van der Waals surface area contributed by atoms with Crippen LogP contribution in [0.2, 0.25) is 0 Å². The lowest BCUT2D eigenvalue weighted by molar-refractivity contribution is -0.157. The fraction of sp³-hybridized carbons (Fsp3) is 0.667. The summed E-state index contributed by atoms with van der Waals surface area (Å²) in [7, 11) is 0. The van der Waals surface area contributed by atoms with E-state index in [-0.39, 0.29) is 11.6 Å². The van der Waals surface area contributed by atoms with Gasteiger partial charge in [0.15, 0.2) is 6.10 Å². The predicted molar refractivity (Wildman–Crippen MR) is 82.7 cm³/mol. The first-order chi connectivity index (χ1) is 10.4. The lowest BCUT2D eigenvalue weighted by atomic mass is 10.1. The minimum Gasteiger partial charge on any atom is -0.461 e. The lowest BCUT2D eigenvalue weighted by Crippen LogP contribution is -2.24. The third-order valence-electron chi connectivity index (χ3n) is 2.76. The van der Waals surface area contributed by atoms with Crippen molar-refractivity contribution in [3.05, 3.63) is 16.1 Å². The molecule has 0 fully saturated rings. The molecule has 0 saturated carbocycles. The van der Waals surface area contributed by atoms with E-state index in [1.54, 1.807) is 19.2 Å². The Hall–Kier alpha value is -1.47. The smallest absolute Gasteiger partial charge is 0.367 e. The molecule has 0 amide bonds. The quantitative estimate of drug-likeness (QED) is 0.649. The summed E-state index contributed by atoms with van der Waals surface area (Å²) in [5.74, 6) is -0.371. The molecule has 0 radical (unpaired) electrons. The van der Waals surface area contributed by atoms with Crippen molar-refractivity contribution in [3.8, 4) is 0 Å². The number of ether oxygens (including phenoxy) is 3. The van der Waals surface area contributed by atoms with Crippen LogP contribution in [0.3, 0.4) is 0 Å². The van der Waals surface area contributed by atoms with E-state index in [1.807, 2.05) is 0 Å². The summed E-state index contributed by atoms with van der Waals surface area (Å²) in [6.07, 6.45) is 0.286. The van der Waals surface area contributed by atoms with Crippen LogP contribution >= 0.6 is 11.3 Å². The van der Waals surface area contributed by atoms with Gasteiger partial charge < -0.3 is 14.2 Å². The molecule has 0 aliphatic heterocycles. The molecule has 1 aromatic heterocycles. The van der Waals surface area contributed by atoms with Crippen molar-refractivity contribution in [2.24, 2.45) is 5.92 Å². The van der Waals surface area contributed by atoms with Crippen molar-refractivity contribution in [2.45, 2.75) is 46.8 Å². The van der Waals surface area contributed by atoms with Gasteiger partial charge in [0.2, 0.25) is 5.01 Å². The standard InChI is InChI=1S/C15H23NO5S/c1-5-19-15(18)13-16-12(9-22-13)8-21-14(17)11(4)20-7-6-10(2)3/h9-11H,5-8H2,1-4H3. The molecular weight excluding hydrogens is 306 g/mol. The third-order valence-corrected chi connectivity index (χ3v) is 3.63. The van der Waals surface area contributed by atoms with Crippen molar-refractivity contribution in [2.75, 3.05) is 13.2 Å². The Bertz CT molecular complexity index is 486. The summed E-state index contributed by atoms with van der Waals surface area (Å²) in [6.45, 7) is 8.42. The Morgan fingerprint density at radius 2 is 2.00 bits per heavy atom. The van der Waals surface area contributed by atoms with Crippen molar-refractivity contribution in [1.82, 2.24) is 4.98 Å². The Kier molecular flexibility index (Phi) is 8.05. The lowest BCUT2D eigenvalue weighted by Gasteiger charge is -2.13. The number of thiazole rings is 1. The highest BCUT2D eigenvalue weighted by Gasteiger charge is 2.17. The molecule has 1 heterocycles. The number of esters is 2. The second-order valence-corrected chi connectivity index (χ2v) is 6.03. The molecule has 7 heteroatoms. The molecule has 0 bridgehead atoms. The van der Waals surface area contributed by atoms with E-state index < -0.39 is 18.0 Å². The zero-order valence-electron chi connectivity index (χ0n) is 13.5. The second-order valence-electron chi connectivity index (χ2n) is 5.17. The molecule has 0 aliphatic carbocycles. The topological polar surface area (TPSA) is 74.7 Å². The highest BCUT2D eigenvalue weighted by molar-refractivity contribution is 7.11. The summed E-state index contributed by atoms with van der Waals surface area (Å²) in [5, 5.41) is 1.93. The van der Waals surface area contributed by atoms with Crippen LogP contribution in [0.5, 0.6) is 0 Å². The average molecular weight is 329 g/mol. The van der Waals surface area contributed by atoms with Crippen LogP contribution in [0.1, 0.15) is 49.6 Å². The van der Waals surface area contributed by atoms with Gasteiger partial charge in [-0.25, -0.2) is 14.6 Å². The largest absolute Gasteiger partial charge is 0.461 e. The number of hydrogen-bond donors (Lipinski definition) is 0. The third kappa shape index (κ3) is 6.53. The number of aromatic nitrogens is 1. The molecule has 1 aromatic rings. The summed E-state index contributed by atoms with van der Waals surface area (Å²) in [4.78, 5) is 27.3. The van der Waals surface area contributed by atoms with Crippen LogP contribution in [0.25, 0.3) is 0 Å². The zero-order chi connectivity index (χ0) is 16.5.